The molecule has 0 saturated heterocycles. The lowest BCUT2D eigenvalue weighted by molar-refractivity contribution is -0.116. The SMILES string of the molecule is Cc1ccc(NC(=O)CC(c2cccc(N)c2)C(C)C)cc1Cl. The molecule has 1 unspecified atom stereocenters. The third kappa shape index (κ3) is 4.73. The van der Waals surface area contributed by atoms with Gasteiger partial charge in [-0.15, -0.1) is 0 Å². The number of hydrogen-bond donors (Lipinski definition) is 2. The van der Waals surface area contributed by atoms with E-state index < -0.39 is 0 Å². The van der Waals surface area contributed by atoms with Gasteiger partial charge in [-0.05, 0) is 54.2 Å². The van der Waals surface area contributed by atoms with Crippen molar-refractivity contribution >= 4 is 28.9 Å². The number of carbonyl (C=O) groups excluding carboxylic acids is 1. The van der Waals surface area contributed by atoms with Crippen molar-refractivity contribution < 1.29 is 4.79 Å². The van der Waals surface area contributed by atoms with Crippen LogP contribution in [0.1, 0.15) is 37.3 Å². The molecular weight excluding hydrogens is 308 g/mol. The Morgan fingerprint density at radius 1 is 1.22 bits per heavy atom. The number of benzene rings is 2. The summed E-state index contributed by atoms with van der Waals surface area (Å²) in [6.45, 7) is 6.16. The van der Waals surface area contributed by atoms with Gasteiger partial charge in [-0.2, -0.15) is 0 Å². The molecule has 0 bridgehead atoms. The molecule has 1 amide bonds. The van der Waals surface area contributed by atoms with Crippen molar-refractivity contribution in [3.05, 3.63) is 58.6 Å². The Morgan fingerprint density at radius 2 is 1.96 bits per heavy atom. The number of carbonyl (C=O) groups is 1. The van der Waals surface area contributed by atoms with E-state index in [2.05, 4.69) is 19.2 Å². The molecule has 0 aliphatic heterocycles. The summed E-state index contributed by atoms with van der Waals surface area (Å²) >= 11 is 6.10. The summed E-state index contributed by atoms with van der Waals surface area (Å²) in [5, 5.41) is 3.58. The average Bonchev–Trinajstić information content (AvgIpc) is 2.48. The Hall–Kier alpha value is -2.00. The second kappa shape index (κ2) is 7.51. The minimum absolute atomic E-state index is 0.0222. The van der Waals surface area contributed by atoms with Crippen molar-refractivity contribution in [1.29, 1.82) is 0 Å². The highest BCUT2D eigenvalue weighted by molar-refractivity contribution is 6.31. The fourth-order valence-electron chi connectivity index (χ4n) is 2.61. The minimum atomic E-state index is -0.0222. The number of nitrogens with two attached hydrogens (primary N) is 1. The third-order valence-electron chi connectivity index (χ3n) is 4.00. The van der Waals surface area contributed by atoms with E-state index in [0.717, 1.165) is 22.5 Å². The summed E-state index contributed by atoms with van der Waals surface area (Å²) < 4.78 is 0. The Labute approximate surface area is 142 Å². The maximum Gasteiger partial charge on any atom is 0.224 e. The van der Waals surface area contributed by atoms with E-state index in [1.54, 1.807) is 6.07 Å². The van der Waals surface area contributed by atoms with Gasteiger partial charge in [0.2, 0.25) is 5.91 Å². The number of aryl methyl sites for hydroxylation is 1. The van der Waals surface area contributed by atoms with Gasteiger partial charge in [0, 0.05) is 22.8 Å². The van der Waals surface area contributed by atoms with Crippen LogP contribution in [0.4, 0.5) is 11.4 Å². The Kier molecular flexibility index (Phi) is 5.67. The summed E-state index contributed by atoms with van der Waals surface area (Å²) in [7, 11) is 0. The summed E-state index contributed by atoms with van der Waals surface area (Å²) in [6, 6.07) is 13.3. The molecule has 0 fully saturated rings. The highest BCUT2D eigenvalue weighted by atomic mass is 35.5. The summed E-state index contributed by atoms with van der Waals surface area (Å²) in [4.78, 5) is 12.4. The molecule has 122 valence electrons. The zero-order valence-corrected chi connectivity index (χ0v) is 14.5. The van der Waals surface area contributed by atoms with E-state index >= 15 is 0 Å². The van der Waals surface area contributed by atoms with Crippen molar-refractivity contribution in [3.63, 3.8) is 0 Å². The van der Waals surface area contributed by atoms with Crippen LogP contribution in [0.15, 0.2) is 42.5 Å². The van der Waals surface area contributed by atoms with E-state index in [9.17, 15) is 4.79 Å². The van der Waals surface area contributed by atoms with Gasteiger partial charge in [0.25, 0.3) is 0 Å². The average molecular weight is 331 g/mol. The lowest BCUT2D eigenvalue weighted by atomic mass is 9.85. The van der Waals surface area contributed by atoms with Gasteiger partial charge < -0.3 is 11.1 Å². The van der Waals surface area contributed by atoms with Gasteiger partial charge in [0.05, 0.1) is 0 Å². The van der Waals surface area contributed by atoms with E-state index in [0.29, 0.717) is 17.4 Å². The van der Waals surface area contributed by atoms with Crippen LogP contribution >= 0.6 is 11.6 Å². The van der Waals surface area contributed by atoms with E-state index in [4.69, 9.17) is 17.3 Å². The predicted octanol–water partition coefficient (Wildman–Crippen LogP) is 5.00. The molecule has 3 N–H and O–H groups in total. The van der Waals surface area contributed by atoms with Crippen LogP contribution in [0.5, 0.6) is 0 Å². The fraction of sp³-hybridized carbons (Fsp3) is 0.316. The molecule has 23 heavy (non-hydrogen) atoms. The minimum Gasteiger partial charge on any atom is -0.399 e. The first-order valence-corrected chi connectivity index (χ1v) is 8.16. The van der Waals surface area contributed by atoms with Crippen molar-refractivity contribution in [2.75, 3.05) is 11.1 Å². The first-order valence-electron chi connectivity index (χ1n) is 7.78. The van der Waals surface area contributed by atoms with Crippen molar-refractivity contribution in [2.24, 2.45) is 5.92 Å². The molecular formula is C19H23ClN2O. The highest BCUT2D eigenvalue weighted by Gasteiger charge is 2.20. The lowest BCUT2D eigenvalue weighted by Crippen LogP contribution is -2.18. The molecule has 0 saturated carbocycles. The molecule has 1 atom stereocenters. The summed E-state index contributed by atoms with van der Waals surface area (Å²) in [5.41, 5.74) is 9.40. The number of amides is 1. The predicted molar refractivity (Wildman–Crippen MR) is 97.9 cm³/mol. The normalized spacial score (nSPS) is 12.2. The molecule has 0 heterocycles. The van der Waals surface area contributed by atoms with Gasteiger partial charge in [0.15, 0.2) is 0 Å². The Bertz CT molecular complexity index is 698. The topological polar surface area (TPSA) is 55.1 Å². The third-order valence-corrected chi connectivity index (χ3v) is 4.41. The largest absolute Gasteiger partial charge is 0.399 e. The van der Waals surface area contributed by atoms with Crippen molar-refractivity contribution in [3.8, 4) is 0 Å². The summed E-state index contributed by atoms with van der Waals surface area (Å²) in [6.07, 6.45) is 0.409. The molecule has 2 aromatic carbocycles. The second-order valence-electron chi connectivity index (χ2n) is 6.24. The molecule has 2 aromatic rings. The number of halogens is 1. The molecule has 4 heteroatoms. The number of nitrogens with one attached hydrogen (secondary N) is 1. The monoisotopic (exact) mass is 330 g/mol. The molecule has 0 aliphatic carbocycles. The van der Waals surface area contributed by atoms with Gasteiger partial charge in [-0.3, -0.25) is 4.79 Å². The van der Waals surface area contributed by atoms with Gasteiger partial charge >= 0.3 is 0 Å². The standard InChI is InChI=1S/C19H23ClN2O/c1-12(2)17(14-5-4-6-15(21)9-14)11-19(23)22-16-8-7-13(3)18(20)10-16/h4-10,12,17H,11,21H2,1-3H3,(H,22,23). The molecule has 0 aromatic heterocycles. The highest BCUT2D eigenvalue weighted by Crippen LogP contribution is 2.29. The van der Waals surface area contributed by atoms with Crippen LogP contribution in [0.3, 0.4) is 0 Å². The number of rotatable bonds is 5. The van der Waals surface area contributed by atoms with Crippen LogP contribution in [-0.2, 0) is 4.79 Å². The lowest BCUT2D eigenvalue weighted by Gasteiger charge is -2.21. The number of hydrogen-bond acceptors (Lipinski definition) is 2. The van der Waals surface area contributed by atoms with Crippen molar-refractivity contribution in [2.45, 2.75) is 33.1 Å². The Morgan fingerprint density at radius 3 is 2.57 bits per heavy atom. The molecule has 0 radical (unpaired) electrons. The zero-order valence-electron chi connectivity index (χ0n) is 13.8. The van der Waals surface area contributed by atoms with Gasteiger partial charge in [0.1, 0.15) is 0 Å². The first-order chi connectivity index (χ1) is 10.9. The molecule has 2 rings (SSSR count). The van der Waals surface area contributed by atoms with Crippen LogP contribution < -0.4 is 11.1 Å². The Balaban J connectivity index is 2.10. The second-order valence-corrected chi connectivity index (χ2v) is 6.64. The van der Waals surface area contributed by atoms with Crippen LogP contribution in [0.25, 0.3) is 0 Å². The van der Waals surface area contributed by atoms with E-state index in [1.807, 2.05) is 43.3 Å². The van der Waals surface area contributed by atoms with Crippen LogP contribution in [0, 0.1) is 12.8 Å². The van der Waals surface area contributed by atoms with Crippen molar-refractivity contribution in [1.82, 2.24) is 0 Å². The first kappa shape index (κ1) is 17.4. The van der Waals surface area contributed by atoms with E-state index in [1.165, 1.54) is 0 Å². The van der Waals surface area contributed by atoms with Gasteiger partial charge in [-0.1, -0.05) is 43.6 Å². The maximum absolute atomic E-state index is 12.4. The number of anilines is 2. The summed E-state index contributed by atoms with van der Waals surface area (Å²) in [5.74, 6) is 0.439. The molecule has 3 nitrogen and oxygen atoms in total. The maximum atomic E-state index is 12.4. The molecule has 0 aliphatic rings. The quantitative estimate of drug-likeness (QED) is 0.758. The van der Waals surface area contributed by atoms with E-state index in [-0.39, 0.29) is 11.8 Å². The van der Waals surface area contributed by atoms with Gasteiger partial charge in [-0.25, -0.2) is 0 Å². The number of nitrogen functional groups attached to an aromatic ring is 1. The zero-order chi connectivity index (χ0) is 17.0. The smallest absolute Gasteiger partial charge is 0.224 e. The van der Waals surface area contributed by atoms with Crippen LogP contribution in [-0.4, -0.2) is 5.91 Å². The fourth-order valence-corrected chi connectivity index (χ4v) is 2.79. The van der Waals surface area contributed by atoms with Crippen LogP contribution in [0.2, 0.25) is 5.02 Å². The molecule has 0 spiro atoms.